The quantitative estimate of drug-likeness (QED) is 0.194. The van der Waals surface area contributed by atoms with E-state index in [0.29, 0.717) is 40.3 Å². The fourth-order valence-corrected chi connectivity index (χ4v) is 5.32. The van der Waals surface area contributed by atoms with E-state index in [1.54, 1.807) is 22.8 Å². The zero-order valence-electron chi connectivity index (χ0n) is 21.2. The van der Waals surface area contributed by atoms with Crippen LogP contribution < -0.4 is 10.9 Å². The number of ether oxygens (including phenoxy) is 1. The van der Waals surface area contributed by atoms with Gasteiger partial charge < -0.3 is 10.1 Å². The van der Waals surface area contributed by atoms with Gasteiger partial charge in [0, 0.05) is 24.3 Å². The molecule has 4 aromatic rings. The second-order valence-corrected chi connectivity index (χ2v) is 10.4. The Hall–Kier alpha value is -3.75. The molecule has 0 saturated carbocycles. The maximum absolute atomic E-state index is 13.6. The number of ketones is 1. The highest BCUT2D eigenvalue weighted by Crippen LogP contribution is 2.22. The normalized spacial score (nSPS) is 15.0. The molecule has 1 aromatic heterocycles. The summed E-state index contributed by atoms with van der Waals surface area (Å²) in [6.45, 7) is 3.47. The molecule has 1 N–H and O–H groups in total. The molecule has 7 nitrogen and oxygen atoms in total. The fourth-order valence-electron chi connectivity index (χ4n) is 4.42. The van der Waals surface area contributed by atoms with Crippen molar-refractivity contribution in [2.45, 2.75) is 37.6 Å². The number of hydrogen-bond donors (Lipinski definition) is 1. The molecule has 2 heterocycles. The lowest BCUT2D eigenvalue weighted by Crippen LogP contribution is -2.31. The Morgan fingerprint density at radius 2 is 1.82 bits per heavy atom. The van der Waals surface area contributed by atoms with Gasteiger partial charge in [-0.15, -0.1) is 0 Å². The minimum Gasteiger partial charge on any atom is -0.376 e. The molecule has 1 fully saturated rings. The summed E-state index contributed by atoms with van der Waals surface area (Å²) in [7, 11) is 0. The van der Waals surface area contributed by atoms with Crippen LogP contribution in [0.1, 0.15) is 44.7 Å². The van der Waals surface area contributed by atoms with E-state index in [1.165, 1.54) is 11.8 Å². The van der Waals surface area contributed by atoms with Gasteiger partial charge >= 0.3 is 0 Å². The largest absolute Gasteiger partial charge is 0.376 e. The van der Waals surface area contributed by atoms with Gasteiger partial charge in [0.1, 0.15) is 0 Å². The lowest BCUT2D eigenvalue weighted by molar-refractivity contribution is 0.0857. The molecule has 0 unspecified atom stereocenters. The third-order valence-electron chi connectivity index (χ3n) is 6.59. The molecule has 0 bridgehead atoms. The molecule has 1 atom stereocenters. The van der Waals surface area contributed by atoms with Crippen molar-refractivity contribution in [3.63, 3.8) is 0 Å². The van der Waals surface area contributed by atoms with Crippen LogP contribution in [0.2, 0.25) is 0 Å². The summed E-state index contributed by atoms with van der Waals surface area (Å²) in [4.78, 5) is 44.0. The first-order valence-corrected chi connectivity index (χ1v) is 13.7. The number of carbonyl (C=O) groups is 2. The van der Waals surface area contributed by atoms with Gasteiger partial charge in [-0.1, -0.05) is 71.9 Å². The fraction of sp³-hybridized carbons (Fsp3) is 0.267. The zero-order chi connectivity index (χ0) is 26.5. The maximum Gasteiger partial charge on any atom is 0.262 e. The molecule has 1 amide bonds. The number of nitrogens with one attached hydrogen (secondary N) is 1. The molecular formula is C30H29N3O4S. The summed E-state index contributed by atoms with van der Waals surface area (Å²) < 4.78 is 7.18. The van der Waals surface area contributed by atoms with E-state index in [4.69, 9.17) is 9.72 Å². The number of aromatic nitrogens is 2. The Morgan fingerprint density at radius 3 is 2.55 bits per heavy atom. The van der Waals surface area contributed by atoms with Crippen LogP contribution in [-0.4, -0.2) is 46.2 Å². The lowest BCUT2D eigenvalue weighted by Gasteiger charge is -2.14. The summed E-state index contributed by atoms with van der Waals surface area (Å²) in [5, 5.41) is 3.77. The summed E-state index contributed by atoms with van der Waals surface area (Å²) >= 11 is 1.23. The standard InChI is InChI=1S/C30H29N3O4S/c1-20-9-11-22(12-10-20)27(34)19-38-30-32-26-16-23(28(35)31-17-24-8-5-15-37-24)13-14-25(26)29(36)33(30)18-21-6-3-2-4-7-21/h2-4,6-7,9-14,16,24H,5,8,15,17-19H2,1H3,(H,31,35)/t24-/m0/s1. The number of thioether (sulfide) groups is 1. The molecule has 0 aliphatic carbocycles. The van der Waals surface area contributed by atoms with Gasteiger partial charge in [0.05, 0.1) is 29.3 Å². The van der Waals surface area contributed by atoms with E-state index in [0.717, 1.165) is 30.6 Å². The second-order valence-electron chi connectivity index (χ2n) is 9.43. The van der Waals surface area contributed by atoms with E-state index in [2.05, 4.69) is 5.32 Å². The third kappa shape index (κ3) is 6.03. The molecule has 194 valence electrons. The van der Waals surface area contributed by atoms with E-state index in [1.807, 2.05) is 61.5 Å². The molecular weight excluding hydrogens is 498 g/mol. The van der Waals surface area contributed by atoms with Crippen LogP contribution in [0.25, 0.3) is 10.9 Å². The van der Waals surface area contributed by atoms with E-state index in [9.17, 15) is 14.4 Å². The number of nitrogens with zero attached hydrogens (tertiary/aromatic N) is 2. The molecule has 5 rings (SSSR count). The van der Waals surface area contributed by atoms with E-state index >= 15 is 0 Å². The monoisotopic (exact) mass is 527 g/mol. The molecule has 1 aliphatic rings. The first-order valence-electron chi connectivity index (χ1n) is 12.7. The number of Topliss-reactive ketones (excluding diaryl/α,β-unsaturated/α-hetero) is 1. The van der Waals surface area contributed by atoms with Crippen LogP contribution >= 0.6 is 11.8 Å². The number of benzene rings is 3. The van der Waals surface area contributed by atoms with Crippen LogP contribution in [0, 0.1) is 6.92 Å². The Bertz CT molecular complexity index is 1510. The average Bonchev–Trinajstić information content (AvgIpc) is 3.46. The topological polar surface area (TPSA) is 90.3 Å². The SMILES string of the molecule is Cc1ccc(C(=O)CSc2nc3cc(C(=O)NC[C@@H]4CCCO4)ccc3c(=O)n2Cc2ccccc2)cc1. The number of rotatable bonds is 9. The third-order valence-corrected chi connectivity index (χ3v) is 7.56. The highest BCUT2D eigenvalue weighted by Gasteiger charge is 2.19. The molecule has 3 aromatic carbocycles. The van der Waals surface area contributed by atoms with Crippen LogP contribution in [-0.2, 0) is 11.3 Å². The Morgan fingerprint density at radius 1 is 1.05 bits per heavy atom. The second kappa shape index (κ2) is 11.8. The highest BCUT2D eigenvalue weighted by molar-refractivity contribution is 7.99. The first kappa shape index (κ1) is 25.9. The van der Waals surface area contributed by atoms with Gasteiger partial charge in [-0.3, -0.25) is 19.0 Å². The van der Waals surface area contributed by atoms with Crippen molar-refractivity contribution in [1.82, 2.24) is 14.9 Å². The van der Waals surface area contributed by atoms with Gasteiger partial charge in [-0.2, -0.15) is 0 Å². The summed E-state index contributed by atoms with van der Waals surface area (Å²) in [6.07, 6.45) is 1.97. The first-order chi connectivity index (χ1) is 18.5. The summed E-state index contributed by atoms with van der Waals surface area (Å²) in [5.74, 6) is -0.142. The Labute approximate surface area is 225 Å². The predicted molar refractivity (Wildman–Crippen MR) is 149 cm³/mol. The Balaban J connectivity index is 1.44. The van der Waals surface area contributed by atoms with Crippen molar-refractivity contribution in [2.24, 2.45) is 0 Å². The number of amides is 1. The van der Waals surface area contributed by atoms with Crippen LogP contribution in [0.5, 0.6) is 0 Å². The highest BCUT2D eigenvalue weighted by atomic mass is 32.2. The summed E-state index contributed by atoms with van der Waals surface area (Å²) in [5.41, 5.74) is 3.29. The maximum atomic E-state index is 13.6. The molecule has 0 radical (unpaired) electrons. The van der Waals surface area contributed by atoms with Crippen molar-refractivity contribution >= 4 is 34.4 Å². The lowest BCUT2D eigenvalue weighted by atomic mass is 10.1. The number of hydrogen-bond acceptors (Lipinski definition) is 6. The molecule has 38 heavy (non-hydrogen) atoms. The van der Waals surface area contributed by atoms with Gasteiger partial charge in [-0.05, 0) is 43.5 Å². The van der Waals surface area contributed by atoms with Crippen molar-refractivity contribution in [3.05, 3.63) is 105 Å². The minimum absolute atomic E-state index is 0.0387. The number of carbonyl (C=O) groups excluding carboxylic acids is 2. The van der Waals surface area contributed by atoms with Gasteiger partial charge in [0.25, 0.3) is 11.5 Å². The van der Waals surface area contributed by atoms with Gasteiger partial charge in [0.15, 0.2) is 10.9 Å². The molecule has 1 saturated heterocycles. The number of fused-ring (bicyclic) bond motifs is 1. The smallest absolute Gasteiger partial charge is 0.262 e. The number of aryl methyl sites for hydroxylation is 1. The van der Waals surface area contributed by atoms with Crippen molar-refractivity contribution in [3.8, 4) is 0 Å². The molecule has 0 spiro atoms. The summed E-state index contributed by atoms with van der Waals surface area (Å²) in [6, 6.07) is 22.0. The van der Waals surface area contributed by atoms with Gasteiger partial charge in [-0.25, -0.2) is 4.98 Å². The van der Waals surface area contributed by atoms with Crippen molar-refractivity contribution in [1.29, 1.82) is 0 Å². The Kier molecular flexibility index (Phi) is 8.00. The van der Waals surface area contributed by atoms with E-state index in [-0.39, 0.29) is 29.1 Å². The van der Waals surface area contributed by atoms with Gasteiger partial charge in [0.2, 0.25) is 0 Å². The van der Waals surface area contributed by atoms with Crippen molar-refractivity contribution < 1.29 is 14.3 Å². The molecule has 8 heteroatoms. The van der Waals surface area contributed by atoms with Crippen LogP contribution in [0.15, 0.2) is 82.7 Å². The van der Waals surface area contributed by atoms with E-state index < -0.39 is 0 Å². The zero-order valence-corrected chi connectivity index (χ0v) is 22.0. The van der Waals surface area contributed by atoms with Crippen molar-refractivity contribution in [2.75, 3.05) is 18.9 Å². The predicted octanol–water partition coefficient (Wildman–Crippen LogP) is 4.64. The average molecular weight is 528 g/mol. The molecule has 1 aliphatic heterocycles. The van der Waals surface area contributed by atoms with Crippen LogP contribution in [0.3, 0.4) is 0 Å². The van der Waals surface area contributed by atoms with Crippen LogP contribution in [0.4, 0.5) is 0 Å². The minimum atomic E-state index is -0.235.